The Hall–Kier alpha value is -2.25. The van der Waals surface area contributed by atoms with Crippen LogP contribution in [0.5, 0.6) is 0 Å². The molecule has 0 bridgehead atoms. The van der Waals surface area contributed by atoms with Gasteiger partial charge in [0, 0.05) is 37.2 Å². The Morgan fingerprint density at radius 3 is 2.64 bits per heavy atom. The maximum atomic E-state index is 12.8. The molecular formula is C21H26N4O3. The number of rotatable bonds is 3. The molecule has 1 aromatic carbocycles. The van der Waals surface area contributed by atoms with Crippen LogP contribution in [0.1, 0.15) is 53.6 Å². The van der Waals surface area contributed by atoms with Gasteiger partial charge in [-0.25, -0.2) is 0 Å². The summed E-state index contributed by atoms with van der Waals surface area (Å²) in [4.78, 5) is 40.6. The van der Waals surface area contributed by atoms with Crippen molar-refractivity contribution in [1.29, 1.82) is 0 Å². The Morgan fingerprint density at radius 2 is 1.93 bits per heavy atom. The van der Waals surface area contributed by atoms with E-state index in [1.165, 1.54) is 24.8 Å². The first-order chi connectivity index (χ1) is 13.6. The number of carbonyl (C=O) groups excluding carboxylic acids is 3. The predicted octanol–water partition coefficient (Wildman–Crippen LogP) is 0.776. The molecule has 0 radical (unpaired) electrons. The van der Waals surface area contributed by atoms with Crippen LogP contribution in [0.15, 0.2) is 18.2 Å². The number of benzene rings is 1. The SMILES string of the molecule is O=C1CCC(N2Cc3cc(CN4CCC45CCNCC5)ccc3C2=O)C(=O)N1. The highest BCUT2D eigenvalue weighted by Crippen LogP contribution is 2.39. The number of piperidine rings is 2. The summed E-state index contributed by atoms with van der Waals surface area (Å²) >= 11 is 0. The molecule has 3 fully saturated rings. The lowest BCUT2D eigenvalue weighted by Gasteiger charge is -2.55. The van der Waals surface area contributed by atoms with Crippen molar-refractivity contribution >= 4 is 17.7 Å². The number of hydrogen-bond donors (Lipinski definition) is 2. The van der Waals surface area contributed by atoms with Crippen molar-refractivity contribution in [2.75, 3.05) is 19.6 Å². The molecule has 2 N–H and O–H groups in total. The molecule has 3 amide bonds. The highest BCUT2D eigenvalue weighted by atomic mass is 16.2. The minimum atomic E-state index is -0.547. The average molecular weight is 382 g/mol. The van der Waals surface area contributed by atoms with E-state index in [1.54, 1.807) is 4.90 Å². The summed E-state index contributed by atoms with van der Waals surface area (Å²) in [6, 6.07) is 5.55. The van der Waals surface area contributed by atoms with E-state index in [0.717, 1.165) is 31.7 Å². The predicted molar refractivity (Wildman–Crippen MR) is 102 cm³/mol. The van der Waals surface area contributed by atoms with Crippen molar-refractivity contribution in [2.45, 2.75) is 56.8 Å². The standard InChI is InChI=1S/C21H26N4O3/c26-18-4-3-17(19(27)23-18)25-13-15-11-14(1-2-16(15)20(25)28)12-24-10-7-21(24)5-8-22-9-6-21/h1-2,11,17,22H,3-10,12-13H2,(H,23,26,27). The first kappa shape index (κ1) is 17.8. The summed E-state index contributed by atoms with van der Waals surface area (Å²) in [5, 5.41) is 5.81. The molecular weight excluding hydrogens is 356 g/mol. The van der Waals surface area contributed by atoms with Gasteiger partial charge in [-0.05, 0) is 56.0 Å². The van der Waals surface area contributed by atoms with Gasteiger partial charge in [0.1, 0.15) is 6.04 Å². The third-order valence-electron chi connectivity index (χ3n) is 7.01. The summed E-state index contributed by atoms with van der Waals surface area (Å²) in [6.07, 6.45) is 4.39. The fraction of sp³-hybridized carbons (Fsp3) is 0.571. The topological polar surface area (TPSA) is 81.8 Å². The fourth-order valence-electron chi connectivity index (χ4n) is 5.24. The zero-order valence-electron chi connectivity index (χ0n) is 16.0. The van der Waals surface area contributed by atoms with Crippen LogP contribution >= 0.6 is 0 Å². The van der Waals surface area contributed by atoms with Gasteiger partial charge in [0.25, 0.3) is 5.91 Å². The number of carbonyl (C=O) groups is 3. The molecule has 0 saturated carbocycles. The smallest absolute Gasteiger partial charge is 0.255 e. The van der Waals surface area contributed by atoms with Gasteiger partial charge in [-0.3, -0.25) is 24.6 Å². The van der Waals surface area contributed by atoms with Crippen LogP contribution in [0.3, 0.4) is 0 Å². The van der Waals surface area contributed by atoms with E-state index in [1.807, 2.05) is 6.07 Å². The summed E-state index contributed by atoms with van der Waals surface area (Å²) < 4.78 is 0. The van der Waals surface area contributed by atoms with E-state index in [0.29, 0.717) is 24.1 Å². The lowest BCUT2D eigenvalue weighted by Crippen LogP contribution is -2.63. The van der Waals surface area contributed by atoms with E-state index in [9.17, 15) is 14.4 Å². The quantitative estimate of drug-likeness (QED) is 0.755. The number of likely N-dealkylation sites (tertiary alicyclic amines) is 1. The van der Waals surface area contributed by atoms with Crippen molar-refractivity contribution in [2.24, 2.45) is 0 Å². The zero-order chi connectivity index (χ0) is 19.3. The van der Waals surface area contributed by atoms with Gasteiger partial charge >= 0.3 is 0 Å². The van der Waals surface area contributed by atoms with E-state index in [4.69, 9.17) is 0 Å². The minimum absolute atomic E-state index is 0.102. The zero-order valence-corrected chi connectivity index (χ0v) is 16.0. The monoisotopic (exact) mass is 382 g/mol. The molecule has 0 aliphatic carbocycles. The molecule has 1 spiro atoms. The summed E-state index contributed by atoms with van der Waals surface area (Å²) in [5.41, 5.74) is 3.27. The lowest BCUT2D eigenvalue weighted by atomic mass is 9.76. The van der Waals surface area contributed by atoms with Gasteiger partial charge in [-0.1, -0.05) is 12.1 Å². The van der Waals surface area contributed by atoms with Crippen LogP contribution in [-0.2, 0) is 22.7 Å². The van der Waals surface area contributed by atoms with E-state index in [-0.39, 0.29) is 24.1 Å². The number of hydrogen-bond acceptors (Lipinski definition) is 5. The molecule has 4 aliphatic rings. The fourth-order valence-corrected chi connectivity index (χ4v) is 5.24. The number of nitrogens with one attached hydrogen (secondary N) is 2. The summed E-state index contributed by atoms with van der Waals surface area (Å²) in [7, 11) is 0. The summed E-state index contributed by atoms with van der Waals surface area (Å²) in [5.74, 6) is -0.713. The molecule has 1 unspecified atom stereocenters. The van der Waals surface area contributed by atoms with Crippen molar-refractivity contribution in [3.63, 3.8) is 0 Å². The number of fused-ring (bicyclic) bond motifs is 1. The Balaban J connectivity index is 1.31. The first-order valence-corrected chi connectivity index (χ1v) is 10.3. The van der Waals surface area contributed by atoms with Gasteiger partial charge in [-0.15, -0.1) is 0 Å². The highest BCUT2D eigenvalue weighted by molar-refractivity contribution is 6.05. The first-order valence-electron chi connectivity index (χ1n) is 10.3. The third-order valence-corrected chi connectivity index (χ3v) is 7.01. The third kappa shape index (κ3) is 2.84. The molecule has 5 rings (SSSR count). The second-order valence-corrected chi connectivity index (χ2v) is 8.54. The number of nitrogens with zero attached hydrogens (tertiary/aromatic N) is 2. The molecule has 7 nitrogen and oxygen atoms in total. The van der Waals surface area contributed by atoms with Crippen molar-refractivity contribution < 1.29 is 14.4 Å². The Bertz CT molecular complexity index is 846. The normalized spacial score (nSPS) is 26.9. The van der Waals surface area contributed by atoms with E-state index in [2.05, 4.69) is 27.7 Å². The van der Waals surface area contributed by atoms with Crippen LogP contribution in [-0.4, -0.2) is 58.7 Å². The Morgan fingerprint density at radius 1 is 1.11 bits per heavy atom. The van der Waals surface area contributed by atoms with Crippen molar-refractivity contribution in [1.82, 2.24) is 20.4 Å². The second-order valence-electron chi connectivity index (χ2n) is 8.54. The van der Waals surface area contributed by atoms with Crippen LogP contribution in [0.25, 0.3) is 0 Å². The Kier molecular flexibility index (Phi) is 4.25. The van der Waals surface area contributed by atoms with Crippen LogP contribution in [0.2, 0.25) is 0 Å². The maximum absolute atomic E-state index is 12.8. The molecule has 3 saturated heterocycles. The van der Waals surface area contributed by atoms with Crippen LogP contribution in [0.4, 0.5) is 0 Å². The van der Waals surface area contributed by atoms with Gasteiger partial charge in [0.05, 0.1) is 0 Å². The van der Waals surface area contributed by atoms with Gasteiger partial charge in [0.15, 0.2) is 0 Å². The van der Waals surface area contributed by atoms with Crippen molar-refractivity contribution in [3.05, 3.63) is 34.9 Å². The van der Waals surface area contributed by atoms with Crippen LogP contribution < -0.4 is 10.6 Å². The molecule has 28 heavy (non-hydrogen) atoms. The lowest BCUT2D eigenvalue weighted by molar-refractivity contribution is -0.136. The van der Waals surface area contributed by atoms with E-state index < -0.39 is 6.04 Å². The maximum Gasteiger partial charge on any atom is 0.255 e. The molecule has 0 aromatic heterocycles. The minimum Gasteiger partial charge on any atom is -0.322 e. The molecule has 148 valence electrons. The second kappa shape index (κ2) is 6.67. The Labute approximate surface area is 164 Å². The molecule has 7 heteroatoms. The number of imide groups is 1. The molecule has 1 aromatic rings. The van der Waals surface area contributed by atoms with E-state index >= 15 is 0 Å². The van der Waals surface area contributed by atoms with Gasteiger partial charge in [-0.2, -0.15) is 0 Å². The van der Waals surface area contributed by atoms with Crippen LogP contribution in [0, 0.1) is 0 Å². The number of amides is 3. The molecule has 4 aliphatic heterocycles. The van der Waals surface area contributed by atoms with Crippen molar-refractivity contribution in [3.8, 4) is 0 Å². The van der Waals surface area contributed by atoms with Gasteiger partial charge in [0.2, 0.25) is 11.8 Å². The van der Waals surface area contributed by atoms with Gasteiger partial charge < -0.3 is 10.2 Å². The summed E-state index contributed by atoms with van der Waals surface area (Å²) in [6.45, 7) is 4.69. The average Bonchev–Trinajstić information content (AvgIpc) is 3.02. The highest BCUT2D eigenvalue weighted by Gasteiger charge is 2.45. The molecule has 4 heterocycles. The molecule has 1 atom stereocenters. The largest absolute Gasteiger partial charge is 0.322 e.